The molecule has 0 spiro atoms. The minimum Gasteiger partial charge on any atom is -0.508 e. The Morgan fingerprint density at radius 3 is 2.63 bits per heavy atom. The molecule has 3 N–H and O–H groups in total. The number of benzene rings is 1. The molecule has 0 saturated heterocycles. The Morgan fingerprint density at radius 2 is 1.93 bits per heavy atom. The lowest BCUT2D eigenvalue weighted by Gasteiger charge is -2.50. The quantitative estimate of drug-likeness (QED) is 0.187. The van der Waals surface area contributed by atoms with Crippen molar-refractivity contribution < 1.29 is 34.4 Å². The Balaban J connectivity index is 0.000000196. The van der Waals surface area contributed by atoms with E-state index >= 15 is 0 Å². The molecule has 41 heavy (non-hydrogen) atoms. The van der Waals surface area contributed by atoms with Crippen LogP contribution in [0, 0.1) is 29.1 Å². The maximum Gasteiger partial charge on any atom is 0.302 e. The van der Waals surface area contributed by atoms with Gasteiger partial charge in [0.15, 0.2) is 5.78 Å². The van der Waals surface area contributed by atoms with Gasteiger partial charge in [0.1, 0.15) is 24.2 Å². The summed E-state index contributed by atoms with van der Waals surface area (Å²) in [5.41, 5.74) is 2.95. The second-order valence-corrected chi connectivity index (χ2v) is 12.6. The van der Waals surface area contributed by atoms with Gasteiger partial charge in [-0.25, -0.2) is 0 Å². The molecule has 4 aliphatic carbocycles. The summed E-state index contributed by atoms with van der Waals surface area (Å²) >= 11 is 0. The van der Waals surface area contributed by atoms with Crippen molar-refractivity contribution in [3.05, 3.63) is 53.6 Å². The van der Waals surface area contributed by atoms with Crippen LogP contribution in [0.15, 0.2) is 42.5 Å². The number of aldehydes is 1. The highest BCUT2D eigenvalue weighted by molar-refractivity contribution is 5.97. The number of allylic oxidation sites excluding steroid dienone is 4. The van der Waals surface area contributed by atoms with Gasteiger partial charge in [-0.2, -0.15) is 0 Å². The second kappa shape index (κ2) is 13.5. The van der Waals surface area contributed by atoms with E-state index < -0.39 is 23.9 Å². The number of esters is 1. The Kier molecular flexibility index (Phi) is 10.2. The van der Waals surface area contributed by atoms with E-state index in [0.717, 1.165) is 32.1 Å². The maximum absolute atomic E-state index is 11.6. The van der Waals surface area contributed by atoms with Crippen LogP contribution < -0.4 is 0 Å². The van der Waals surface area contributed by atoms with Gasteiger partial charge in [0.05, 0.1) is 12.0 Å². The first-order chi connectivity index (χ1) is 19.6. The standard InChI is InChI=1S/C20H26O3.C14H20O4/c1-12(21)23-19-8-7-18-17-5-3-13-11-14(22)4-6-15(13)16(17)9-10-20(18,19)2;1-2-3-4-5-6-7-10-8-12(16)14(18)13(17)11(10)9-15/h4,6,11,16-19,22H,3,5,7-10H2,1-2H3;4-7,9-12,14,16,18H,2-3,8H2,1H3. The van der Waals surface area contributed by atoms with Gasteiger partial charge in [0.2, 0.25) is 0 Å². The minimum absolute atomic E-state index is 0.104. The summed E-state index contributed by atoms with van der Waals surface area (Å²) in [5.74, 6) is 0.462. The smallest absolute Gasteiger partial charge is 0.302 e. The van der Waals surface area contributed by atoms with Gasteiger partial charge in [0.25, 0.3) is 0 Å². The molecule has 1 aromatic rings. The van der Waals surface area contributed by atoms with Crippen LogP contribution in [0.25, 0.3) is 0 Å². The lowest BCUT2D eigenvalue weighted by Crippen LogP contribution is -2.47. The van der Waals surface area contributed by atoms with Gasteiger partial charge in [-0.05, 0) is 98.3 Å². The first-order valence-corrected chi connectivity index (χ1v) is 15.3. The number of aromatic hydroxyl groups is 1. The largest absolute Gasteiger partial charge is 0.508 e. The number of carbonyl (C=O) groups excluding carboxylic acids is 3. The molecule has 9 unspecified atom stereocenters. The fraction of sp³-hybridized carbons (Fsp3) is 0.618. The number of fused-ring (bicyclic) bond motifs is 5. The summed E-state index contributed by atoms with van der Waals surface area (Å²) in [6.07, 6.45) is 14.6. The van der Waals surface area contributed by atoms with E-state index in [2.05, 4.69) is 19.9 Å². The molecule has 7 heteroatoms. The van der Waals surface area contributed by atoms with E-state index in [1.165, 1.54) is 37.3 Å². The third kappa shape index (κ3) is 6.67. The lowest BCUT2D eigenvalue weighted by molar-refractivity contribution is -0.154. The number of carbonyl (C=O) groups is 3. The Labute approximate surface area is 243 Å². The number of ketones is 1. The van der Waals surface area contributed by atoms with Gasteiger partial charge in [-0.1, -0.05) is 50.6 Å². The number of aliphatic hydroxyl groups is 2. The van der Waals surface area contributed by atoms with Gasteiger partial charge < -0.3 is 24.9 Å². The van der Waals surface area contributed by atoms with Crippen LogP contribution in [0.5, 0.6) is 5.75 Å². The molecular formula is C34H46O7. The Bertz CT molecular complexity index is 1160. The Hall–Kier alpha value is -2.77. The fourth-order valence-electron chi connectivity index (χ4n) is 7.98. The number of aliphatic hydroxyl groups excluding tert-OH is 2. The zero-order chi connectivity index (χ0) is 29.7. The van der Waals surface area contributed by atoms with Crippen molar-refractivity contribution in [1.82, 2.24) is 0 Å². The third-order valence-corrected chi connectivity index (χ3v) is 10.1. The van der Waals surface area contributed by atoms with Crippen molar-refractivity contribution in [2.24, 2.45) is 29.1 Å². The topological polar surface area (TPSA) is 121 Å². The number of phenols is 1. The van der Waals surface area contributed by atoms with Crippen LogP contribution in [0.3, 0.4) is 0 Å². The van der Waals surface area contributed by atoms with E-state index in [1.54, 1.807) is 12.2 Å². The van der Waals surface area contributed by atoms with Crippen molar-refractivity contribution in [3.8, 4) is 5.75 Å². The molecule has 0 aromatic heterocycles. The van der Waals surface area contributed by atoms with Crippen molar-refractivity contribution >= 4 is 18.0 Å². The van der Waals surface area contributed by atoms with Crippen molar-refractivity contribution in [3.63, 3.8) is 0 Å². The number of hydrogen-bond acceptors (Lipinski definition) is 7. The highest BCUT2D eigenvalue weighted by atomic mass is 16.5. The monoisotopic (exact) mass is 566 g/mol. The molecule has 3 fully saturated rings. The SMILES string of the molecule is CC(=O)OC1CCC2C3CCc4cc(O)ccc4C3CCC12C.CCCC=CC=CC1CC(O)C(O)C(=O)C1C=O. The molecule has 7 nitrogen and oxygen atoms in total. The number of Topliss-reactive ketones (excluding diaryl/α,β-unsaturated/α-hetero) is 1. The molecule has 5 rings (SSSR count). The van der Waals surface area contributed by atoms with Crippen LogP contribution in [0.4, 0.5) is 0 Å². The van der Waals surface area contributed by atoms with Crippen LogP contribution >= 0.6 is 0 Å². The van der Waals surface area contributed by atoms with E-state index in [1.807, 2.05) is 24.3 Å². The zero-order valence-corrected chi connectivity index (χ0v) is 24.6. The number of hydrogen-bond donors (Lipinski definition) is 3. The van der Waals surface area contributed by atoms with Crippen LogP contribution in [0.1, 0.15) is 89.2 Å². The van der Waals surface area contributed by atoms with Crippen LogP contribution in [-0.4, -0.2) is 51.7 Å². The molecule has 0 radical (unpaired) electrons. The number of phenolic OH excluding ortho intramolecular Hbond substituents is 1. The molecule has 1 aromatic carbocycles. The van der Waals surface area contributed by atoms with E-state index in [-0.39, 0.29) is 29.8 Å². The van der Waals surface area contributed by atoms with Crippen molar-refractivity contribution in [1.29, 1.82) is 0 Å². The first-order valence-electron chi connectivity index (χ1n) is 15.3. The molecule has 0 bridgehead atoms. The van der Waals surface area contributed by atoms with Crippen molar-refractivity contribution in [2.45, 2.75) is 103 Å². The summed E-state index contributed by atoms with van der Waals surface area (Å²) in [4.78, 5) is 34.0. The lowest BCUT2D eigenvalue weighted by atomic mass is 9.55. The fourth-order valence-corrected chi connectivity index (χ4v) is 7.98. The Morgan fingerprint density at radius 1 is 1.15 bits per heavy atom. The number of rotatable bonds is 6. The predicted molar refractivity (Wildman–Crippen MR) is 156 cm³/mol. The second-order valence-electron chi connectivity index (χ2n) is 12.6. The highest BCUT2D eigenvalue weighted by Crippen LogP contribution is 2.61. The maximum atomic E-state index is 11.6. The van der Waals surface area contributed by atoms with Crippen molar-refractivity contribution in [2.75, 3.05) is 0 Å². The molecule has 0 amide bonds. The predicted octanol–water partition coefficient (Wildman–Crippen LogP) is 5.20. The summed E-state index contributed by atoms with van der Waals surface area (Å²) in [6.45, 7) is 5.96. The van der Waals surface area contributed by atoms with Crippen LogP contribution in [-0.2, 0) is 25.5 Å². The number of aryl methyl sites for hydroxylation is 1. The molecule has 0 aliphatic heterocycles. The van der Waals surface area contributed by atoms with Gasteiger partial charge in [-0.3, -0.25) is 9.59 Å². The van der Waals surface area contributed by atoms with Gasteiger partial charge in [-0.15, -0.1) is 0 Å². The highest BCUT2D eigenvalue weighted by Gasteiger charge is 2.56. The average molecular weight is 567 g/mol. The minimum atomic E-state index is -1.43. The summed E-state index contributed by atoms with van der Waals surface area (Å²) in [6, 6.07) is 5.93. The third-order valence-electron chi connectivity index (χ3n) is 10.1. The number of unbranched alkanes of at least 4 members (excludes halogenated alkanes) is 1. The molecular weight excluding hydrogens is 520 g/mol. The average Bonchev–Trinajstić information content (AvgIpc) is 3.27. The van der Waals surface area contributed by atoms with E-state index in [4.69, 9.17) is 4.74 Å². The summed E-state index contributed by atoms with van der Waals surface area (Å²) in [7, 11) is 0. The molecule has 4 aliphatic rings. The molecule has 224 valence electrons. The van der Waals surface area contributed by atoms with E-state index in [0.29, 0.717) is 29.8 Å². The van der Waals surface area contributed by atoms with Gasteiger partial charge in [0, 0.05) is 12.3 Å². The zero-order valence-electron chi connectivity index (χ0n) is 24.6. The molecule has 0 heterocycles. The molecule has 9 atom stereocenters. The first kappa shape index (κ1) is 31.2. The normalized spacial score (nSPS) is 36.2. The summed E-state index contributed by atoms with van der Waals surface area (Å²) in [5, 5.41) is 28.7. The van der Waals surface area contributed by atoms with Crippen LogP contribution in [0.2, 0.25) is 0 Å². The van der Waals surface area contributed by atoms with Gasteiger partial charge >= 0.3 is 5.97 Å². The molecule has 3 saturated carbocycles. The number of ether oxygens (including phenoxy) is 1. The van der Waals surface area contributed by atoms with E-state index in [9.17, 15) is 29.7 Å². The summed E-state index contributed by atoms with van der Waals surface area (Å²) < 4.78 is 5.68.